The van der Waals surface area contributed by atoms with Gasteiger partial charge in [0.2, 0.25) is 0 Å². The summed E-state index contributed by atoms with van der Waals surface area (Å²) in [6, 6.07) is 6.95. The summed E-state index contributed by atoms with van der Waals surface area (Å²) in [6.07, 6.45) is -0.602. The molecule has 0 bridgehead atoms. The predicted octanol–water partition coefficient (Wildman–Crippen LogP) is 1.12. The number of aryl methyl sites for hydroxylation is 2. The third-order valence-corrected chi connectivity index (χ3v) is 3.98. The third-order valence-electron chi connectivity index (χ3n) is 3.98. The van der Waals surface area contributed by atoms with Crippen LogP contribution in [0.4, 0.5) is 0 Å². The molecule has 6 nitrogen and oxygen atoms in total. The van der Waals surface area contributed by atoms with E-state index in [1.54, 1.807) is 12.1 Å². The lowest BCUT2D eigenvalue weighted by molar-refractivity contribution is 0.0232. The first-order chi connectivity index (χ1) is 10.5. The van der Waals surface area contributed by atoms with E-state index < -0.39 is 6.10 Å². The molecule has 1 N–H and O–H groups in total. The van der Waals surface area contributed by atoms with Crippen LogP contribution in [0.25, 0.3) is 0 Å². The molecule has 1 fully saturated rings. The van der Waals surface area contributed by atoms with Crippen molar-refractivity contribution in [3.05, 3.63) is 51.8 Å². The fourth-order valence-corrected chi connectivity index (χ4v) is 2.83. The highest BCUT2D eigenvalue weighted by molar-refractivity contribution is 5.08. The molecule has 0 radical (unpaired) electrons. The number of likely N-dealkylation sites (tertiary alicyclic amines) is 1. The Kier molecular flexibility index (Phi) is 4.13. The topological polar surface area (TPSA) is 71.5 Å². The molecule has 1 atom stereocenters. The minimum atomic E-state index is -0.602. The molecule has 0 aliphatic carbocycles. The van der Waals surface area contributed by atoms with Crippen LogP contribution in [0.1, 0.15) is 23.3 Å². The monoisotopic (exact) mass is 303 g/mol. The molecule has 0 spiro atoms. The number of aliphatic hydroxyl groups excluding tert-OH is 1. The average Bonchev–Trinajstić information content (AvgIpc) is 2.87. The van der Waals surface area contributed by atoms with Crippen molar-refractivity contribution in [2.45, 2.75) is 26.5 Å². The van der Waals surface area contributed by atoms with E-state index in [-0.39, 0.29) is 5.56 Å². The van der Waals surface area contributed by atoms with Crippen LogP contribution in [-0.4, -0.2) is 39.4 Å². The van der Waals surface area contributed by atoms with Crippen molar-refractivity contribution >= 4 is 0 Å². The fourth-order valence-electron chi connectivity index (χ4n) is 2.83. The van der Waals surface area contributed by atoms with Gasteiger partial charge in [0.25, 0.3) is 5.56 Å². The number of β-amino-alcohol motifs (C(OH)–C–C–N with tert-alkyl or cyclic N) is 1. The molecule has 3 rings (SSSR count). The largest absolute Gasteiger partial charge is 0.464 e. The number of nitrogens with zero attached hydrogens (tertiary/aromatic N) is 3. The lowest BCUT2D eigenvalue weighted by Crippen LogP contribution is -2.50. The lowest BCUT2D eigenvalue weighted by atomic mass is 9.99. The molecule has 1 aliphatic rings. The Morgan fingerprint density at radius 3 is 2.77 bits per heavy atom. The van der Waals surface area contributed by atoms with E-state index in [2.05, 4.69) is 10.00 Å². The molecule has 0 saturated carbocycles. The number of rotatable bonds is 5. The number of hydrogen-bond acceptors (Lipinski definition) is 5. The smallest absolute Gasteiger partial charge is 0.266 e. The van der Waals surface area contributed by atoms with E-state index in [9.17, 15) is 9.90 Å². The predicted molar refractivity (Wildman–Crippen MR) is 81.6 cm³/mol. The van der Waals surface area contributed by atoms with Gasteiger partial charge in [-0.1, -0.05) is 0 Å². The average molecular weight is 303 g/mol. The van der Waals surface area contributed by atoms with Gasteiger partial charge in [0.15, 0.2) is 0 Å². The van der Waals surface area contributed by atoms with Crippen molar-refractivity contribution in [2.24, 2.45) is 5.92 Å². The highest BCUT2D eigenvalue weighted by Gasteiger charge is 2.29. The van der Waals surface area contributed by atoms with Crippen molar-refractivity contribution in [1.82, 2.24) is 14.7 Å². The lowest BCUT2D eigenvalue weighted by Gasteiger charge is -2.40. The van der Waals surface area contributed by atoms with Gasteiger partial charge in [-0.25, -0.2) is 4.68 Å². The molecule has 0 aromatic carbocycles. The number of aliphatic hydroxyl groups is 1. The van der Waals surface area contributed by atoms with E-state index in [4.69, 9.17) is 4.42 Å². The molecule has 2 aromatic heterocycles. The summed E-state index contributed by atoms with van der Waals surface area (Å²) in [4.78, 5) is 13.9. The van der Waals surface area contributed by atoms with E-state index in [0.717, 1.165) is 24.5 Å². The standard InChI is InChI=1S/C16H21N3O3/c1-11-3-6-16(21)19(17-11)9-13-7-18(8-13)10-14(20)15-5-4-12(2)22-15/h3-6,13-14,20H,7-10H2,1-2H3. The van der Waals surface area contributed by atoms with Crippen molar-refractivity contribution in [2.75, 3.05) is 19.6 Å². The van der Waals surface area contributed by atoms with Gasteiger partial charge in [-0.3, -0.25) is 9.69 Å². The maximum atomic E-state index is 11.7. The molecule has 3 heterocycles. The van der Waals surface area contributed by atoms with Crippen LogP contribution in [0.15, 0.2) is 33.5 Å². The molecule has 1 aliphatic heterocycles. The molecule has 0 amide bonds. The Hall–Kier alpha value is -1.92. The summed E-state index contributed by atoms with van der Waals surface area (Å²) in [6.45, 7) is 6.65. The summed E-state index contributed by atoms with van der Waals surface area (Å²) in [5, 5.41) is 14.4. The second-order valence-electron chi connectivity index (χ2n) is 6.04. The van der Waals surface area contributed by atoms with E-state index in [0.29, 0.717) is 24.8 Å². The Morgan fingerprint density at radius 2 is 2.09 bits per heavy atom. The zero-order valence-electron chi connectivity index (χ0n) is 12.9. The van der Waals surface area contributed by atoms with Gasteiger partial charge in [-0.05, 0) is 32.0 Å². The molecule has 2 aromatic rings. The Morgan fingerprint density at radius 1 is 1.32 bits per heavy atom. The summed E-state index contributed by atoms with van der Waals surface area (Å²) >= 11 is 0. The maximum Gasteiger partial charge on any atom is 0.266 e. The molecule has 6 heteroatoms. The summed E-state index contributed by atoms with van der Waals surface area (Å²) < 4.78 is 6.97. The third kappa shape index (κ3) is 3.28. The van der Waals surface area contributed by atoms with Crippen molar-refractivity contribution < 1.29 is 9.52 Å². The molecule has 118 valence electrons. The van der Waals surface area contributed by atoms with Crippen LogP contribution >= 0.6 is 0 Å². The second kappa shape index (κ2) is 6.06. The van der Waals surface area contributed by atoms with Crippen molar-refractivity contribution in [3.63, 3.8) is 0 Å². The quantitative estimate of drug-likeness (QED) is 0.896. The number of hydrogen-bond donors (Lipinski definition) is 1. The van der Waals surface area contributed by atoms with E-state index in [1.165, 1.54) is 4.68 Å². The van der Waals surface area contributed by atoms with Crippen molar-refractivity contribution in [3.8, 4) is 0 Å². The highest BCUT2D eigenvalue weighted by atomic mass is 16.4. The van der Waals surface area contributed by atoms with Crippen LogP contribution in [-0.2, 0) is 6.54 Å². The minimum Gasteiger partial charge on any atom is -0.464 e. The maximum absolute atomic E-state index is 11.7. The minimum absolute atomic E-state index is 0.0601. The van der Waals surface area contributed by atoms with Crippen LogP contribution in [0.3, 0.4) is 0 Å². The Balaban J connectivity index is 1.50. The molecular formula is C16H21N3O3. The molecule has 1 unspecified atom stereocenters. The molecular weight excluding hydrogens is 282 g/mol. The fraction of sp³-hybridized carbons (Fsp3) is 0.500. The van der Waals surface area contributed by atoms with Crippen LogP contribution in [0.2, 0.25) is 0 Å². The Bertz CT molecular complexity index is 701. The zero-order chi connectivity index (χ0) is 15.7. The number of aromatic nitrogens is 2. The van der Waals surface area contributed by atoms with Crippen LogP contribution in [0, 0.1) is 19.8 Å². The SMILES string of the molecule is Cc1ccc(=O)n(CC2CN(CC(O)c3ccc(C)o3)C2)n1. The molecule has 1 saturated heterocycles. The van der Waals surface area contributed by atoms with Crippen LogP contribution in [0.5, 0.6) is 0 Å². The van der Waals surface area contributed by atoms with Gasteiger partial charge in [0.1, 0.15) is 17.6 Å². The number of furan rings is 1. The zero-order valence-corrected chi connectivity index (χ0v) is 12.9. The van der Waals surface area contributed by atoms with Gasteiger partial charge in [-0.2, -0.15) is 5.10 Å². The van der Waals surface area contributed by atoms with Crippen molar-refractivity contribution in [1.29, 1.82) is 0 Å². The second-order valence-corrected chi connectivity index (χ2v) is 6.04. The normalized spacial score (nSPS) is 17.4. The first-order valence-corrected chi connectivity index (χ1v) is 7.53. The molecule has 22 heavy (non-hydrogen) atoms. The Labute approximate surface area is 129 Å². The first-order valence-electron chi connectivity index (χ1n) is 7.53. The van der Waals surface area contributed by atoms with E-state index in [1.807, 2.05) is 26.0 Å². The van der Waals surface area contributed by atoms with Gasteiger partial charge in [0, 0.05) is 31.6 Å². The van der Waals surface area contributed by atoms with Crippen LogP contribution < -0.4 is 5.56 Å². The van der Waals surface area contributed by atoms with Gasteiger partial charge >= 0.3 is 0 Å². The van der Waals surface area contributed by atoms with Gasteiger partial charge in [0.05, 0.1) is 12.2 Å². The first kappa shape index (κ1) is 15.0. The summed E-state index contributed by atoms with van der Waals surface area (Å²) in [7, 11) is 0. The van der Waals surface area contributed by atoms with Gasteiger partial charge < -0.3 is 9.52 Å². The summed E-state index contributed by atoms with van der Waals surface area (Å²) in [5.74, 6) is 1.82. The van der Waals surface area contributed by atoms with Gasteiger partial charge in [-0.15, -0.1) is 0 Å². The summed E-state index contributed by atoms with van der Waals surface area (Å²) in [5.41, 5.74) is 0.787. The van der Waals surface area contributed by atoms with E-state index >= 15 is 0 Å². The highest BCUT2D eigenvalue weighted by Crippen LogP contribution is 2.22.